The van der Waals surface area contributed by atoms with Gasteiger partial charge < -0.3 is 20.3 Å². The average molecular weight is 305 g/mol. The summed E-state index contributed by atoms with van der Waals surface area (Å²) in [6.45, 7) is 4.34. The number of carbonyl (C=O) groups is 2. The summed E-state index contributed by atoms with van der Waals surface area (Å²) < 4.78 is 5.33. The molecule has 6 heteroatoms. The van der Waals surface area contributed by atoms with Crippen molar-refractivity contribution in [3.05, 3.63) is 29.8 Å². The Hall–Kier alpha value is -2.08. The molecular formula is C16H23N3O3. The monoisotopic (exact) mass is 305 g/mol. The molecule has 2 rings (SSSR count). The highest BCUT2D eigenvalue weighted by atomic mass is 16.5. The minimum absolute atomic E-state index is 0.0393. The number of nitrogens with zero attached hydrogens (tertiary/aromatic N) is 1. The van der Waals surface area contributed by atoms with Gasteiger partial charge in [0, 0.05) is 39.5 Å². The number of piperazine rings is 1. The Balaban J connectivity index is 2.14. The van der Waals surface area contributed by atoms with Crippen molar-refractivity contribution in [2.75, 3.05) is 33.3 Å². The van der Waals surface area contributed by atoms with E-state index in [9.17, 15) is 9.59 Å². The third-order valence-corrected chi connectivity index (χ3v) is 3.72. The van der Waals surface area contributed by atoms with Crippen molar-refractivity contribution < 1.29 is 14.3 Å². The second-order valence-corrected chi connectivity index (χ2v) is 5.34. The van der Waals surface area contributed by atoms with Gasteiger partial charge in [0.25, 0.3) is 0 Å². The molecule has 1 aliphatic heterocycles. The molecule has 0 unspecified atom stereocenters. The number of benzene rings is 1. The van der Waals surface area contributed by atoms with Crippen LogP contribution in [0.4, 0.5) is 0 Å². The van der Waals surface area contributed by atoms with Crippen LogP contribution in [0.5, 0.6) is 5.75 Å². The molecule has 1 aliphatic rings. The van der Waals surface area contributed by atoms with Crippen LogP contribution in [-0.4, -0.2) is 56.0 Å². The van der Waals surface area contributed by atoms with Gasteiger partial charge in [-0.05, 0) is 11.6 Å². The second-order valence-electron chi connectivity index (χ2n) is 5.34. The maximum Gasteiger partial charge on any atom is 0.245 e. The van der Waals surface area contributed by atoms with Gasteiger partial charge in [-0.25, -0.2) is 0 Å². The van der Waals surface area contributed by atoms with Gasteiger partial charge in [-0.1, -0.05) is 18.2 Å². The fraction of sp³-hybridized carbons (Fsp3) is 0.500. The molecule has 1 aromatic rings. The van der Waals surface area contributed by atoms with E-state index in [1.54, 1.807) is 12.0 Å². The summed E-state index contributed by atoms with van der Waals surface area (Å²) in [5.74, 6) is 0.483. The number of nitrogens with one attached hydrogen (secondary N) is 2. The topological polar surface area (TPSA) is 70.7 Å². The fourth-order valence-electron chi connectivity index (χ4n) is 2.64. The number of hydrogen-bond donors (Lipinski definition) is 2. The Kier molecular flexibility index (Phi) is 5.77. The van der Waals surface area contributed by atoms with Crippen molar-refractivity contribution in [3.63, 3.8) is 0 Å². The molecule has 1 aromatic carbocycles. The molecule has 1 saturated heterocycles. The summed E-state index contributed by atoms with van der Waals surface area (Å²) in [4.78, 5) is 25.9. The van der Waals surface area contributed by atoms with Crippen molar-refractivity contribution in [3.8, 4) is 5.75 Å². The zero-order valence-corrected chi connectivity index (χ0v) is 13.1. The zero-order valence-electron chi connectivity index (χ0n) is 13.1. The highest BCUT2D eigenvalue weighted by Crippen LogP contribution is 2.19. The van der Waals surface area contributed by atoms with Gasteiger partial charge in [-0.15, -0.1) is 0 Å². The molecule has 1 heterocycles. The van der Waals surface area contributed by atoms with Crippen LogP contribution in [0.15, 0.2) is 24.3 Å². The highest BCUT2D eigenvalue weighted by Gasteiger charge is 2.27. The Labute approximate surface area is 130 Å². The van der Waals surface area contributed by atoms with Gasteiger partial charge in [0.15, 0.2) is 0 Å². The van der Waals surface area contributed by atoms with E-state index in [1.807, 2.05) is 24.3 Å². The van der Waals surface area contributed by atoms with Crippen LogP contribution in [0.1, 0.15) is 12.5 Å². The van der Waals surface area contributed by atoms with Crippen molar-refractivity contribution >= 4 is 11.8 Å². The first-order valence-electron chi connectivity index (χ1n) is 7.50. The predicted octanol–water partition coefficient (Wildman–Crippen LogP) is 0.174. The van der Waals surface area contributed by atoms with Gasteiger partial charge in [0.2, 0.25) is 11.8 Å². The molecule has 2 N–H and O–H groups in total. The van der Waals surface area contributed by atoms with E-state index < -0.39 is 6.04 Å². The molecule has 1 fully saturated rings. The normalized spacial score (nSPS) is 16.0. The molecule has 22 heavy (non-hydrogen) atoms. The Morgan fingerprint density at radius 3 is 2.64 bits per heavy atom. The Morgan fingerprint density at radius 2 is 2.00 bits per heavy atom. The summed E-state index contributed by atoms with van der Waals surface area (Å²) in [5, 5.41) is 5.99. The lowest BCUT2D eigenvalue weighted by molar-refractivity contribution is -0.136. The molecule has 0 saturated carbocycles. The Morgan fingerprint density at radius 1 is 1.32 bits per heavy atom. The van der Waals surface area contributed by atoms with Gasteiger partial charge >= 0.3 is 0 Å². The van der Waals surface area contributed by atoms with Crippen LogP contribution in [0.2, 0.25) is 0 Å². The lowest BCUT2D eigenvalue weighted by Gasteiger charge is -2.31. The lowest BCUT2D eigenvalue weighted by atomic mass is 10.0. The molecule has 1 atom stereocenters. The zero-order chi connectivity index (χ0) is 15.9. The second kappa shape index (κ2) is 7.79. The third-order valence-electron chi connectivity index (χ3n) is 3.72. The number of amides is 2. The van der Waals surface area contributed by atoms with Crippen molar-refractivity contribution in [2.24, 2.45) is 0 Å². The summed E-state index contributed by atoms with van der Waals surface area (Å²) in [7, 11) is 1.60. The van der Waals surface area contributed by atoms with Crippen LogP contribution >= 0.6 is 0 Å². The minimum Gasteiger partial charge on any atom is -0.496 e. The number of methoxy groups -OCH3 is 1. The molecule has 2 amide bonds. The maximum absolute atomic E-state index is 12.7. The van der Waals surface area contributed by atoms with Crippen LogP contribution < -0.4 is 15.4 Å². The third kappa shape index (κ3) is 4.21. The van der Waals surface area contributed by atoms with E-state index in [4.69, 9.17) is 4.74 Å². The average Bonchev–Trinajstić information content (AvgIpc) is 2.54. The highest BCUT2D eigenvalue weighted by molar-refractivity contribution is 5.87. The first kappa shape index (κ1) is 16.3. The molecular weight excluding hydrogens is 282 g/mol. The Bertz CT molecular complexity index is 527. The molecule has 0 spiro atoms. The number of hydrogen-bond acceptors (Lipinski definition) is 4. The molecule has 0 aromatic heterocycles. The van der Waals surface area contributed by atoms with Gasteiger partial charge in [0.05, 0.1) is 7.11 Å². The summed E-state index contributed by atoms with van der Waals surface area (Å²) in [6, 6.07) is 6.99. The van der Waals surface area contributed by atoms with E-state index in [-0.39, 0.29) is 11.8 Å². The van der Waals surface area contributed by atoms with Gasteiger partial charge in [-0.2, -0.15) is 0 Å². The summed E-state index contributed by atoms with van der Waals surface area (Å²) in [5.41, 5.74) is 0.909. The molecule has 120 valence electrons. The maximum atomic E-state index is 12.7. The fourth-order valence-corrected chi connectivity index (χ4v) is 2.64. The van der Waals surface area contributed by atoms with E-state index in [0.717, 1.165) is 24.4 Å². The summed E-state index contributed by atoms with van der Waals surface area (Å²) in [6.07, 6.45) is 0.423. The standard InChI is InChI=1S/C16H23N3O3/c1-12(20)18-14(16(21)19-9-7-17-8-10-19)11-13-5-3-4-6-15(13)22-2/h3-6,14,17H,7-11H2,1-2H3,(H,18,20)/t14-/m1/s1. The number of carbonyl (C=O) groups excluding carboxylic acids is 2. The van der Waals surface area contributed by atoms with Gasteiger partial charge in [-0.3, -0.25) is 9.59 Å². The van der Waals surface area contributed by atoms with Gasteiger partial charge in [0.1, 0.15) is 11.8 Å². The van der Waals surface area contributed by atoms with Crippen molar-refractivity contribution in [2.45, 2.75) is 19.4 Å². The predicted molar refractivity (Wildman–Crippen MR) is 83.8 cm³/mol. The van der Waals surface area contributed by atoms with E-state index in [2.05, 4.69) is 10.6 Å². The SMILES string of the molecule is COc1ccccc1C[C@@H](NC(C)=O)C(=O)N1CCNCC1. The van der Waals surface area contributed by atoms with Crippen LogP contribution in [-0.2, 0) is 16.0 Å². The van der Waals surface area contributed by atoms with E-state index in [1.165, 1.54) is 6.92 Å². The van der Waals surface area contributed by atoms with Crippen LogP contribution in [0, 0.1) is 0 Å². The first-order chi connectivity index (χ1) is 10.6. The molecule has 0 aliphatic carbocycles. The number of rotatable bonds is 5. The minimum atomic E-state index is -0.563. The summed E-state index contributed by atoms with van der Waals surface area (Å²) >= 11 is 0. The van der Waals surface area contributed by atoms with Crippen LogP contribution in [0.3, 0.4) is 0 Å². The first-order valence-corrected chi connectivity index (χ1v) is 7.50. The largest absolute Gasteiger partial charge is 0.496 e. The van der Waals surface area contributed by atoms with Crippen molar-refractivity contribution in [1.29, 1.82) is 0 Å². The lowest BCUT2D eigenvalue weighted by Crippen LogP contribution is -2.54. The number of ether oxygens (including phenoxy) is 1. The van der Waals surface area contributed by atoms with E-state index >= 15 is 0 Å². The van der Waals surface area contributed by atoms with Crippen LogP contribution in [0.25, 0.3) is 0 Å². The van der Waals surface area contributed by atoms with E-state index in [0.29, 0.717) is 19.5 Å². The molecule has 6 nitrogen and oxygen atoms in total. The smallest absolute Gasteiger partial charge is 0.245 e. The molecule has 0 radical (unpaired) electrons. The number of para-hydroxylation sites is 1. The quantitative estimate of drug-likeness (QED) is 0.814. The molecule has 0 bridgehead atoms. The van der Waals surface area contributed by atoms with Crippen molar-refractivity contribution in [1.82, 2.24) is 15.5 Å².